The topological polar surface area (TPSA) is 131 Å². The molecule has 188 valence electrons. The van der Waals surface area contributed by atoms with Gasteiger partial charge in [-0.3, -0.25) is 9.59 Å². The summed E-state index contributed by atoms with van der Waals surface area (Å²) >= 11 is 6.28. The number of aromatic nitrogens is 2. The van der Waals surface area contributed by atoms with Gasteiger partial charge in [0.1, 0.15) is 19.0 Å². The predicted molar refractivity (Wildman–Crippen MR) is 128 cm³/mol. The van der Waals surface area contributed by atoms with E-state index in [0.29, 0.717) is 51.8 Å². The van der Waals surface area contributed by atoms with Crippen LogP contribution in [0.5, 0.6) is 0 Å². The highest BCUT2D eigenvalue weighted by Gasteiger charge is 2.37. The van der Waals surface area contributed by atoms with E-state index in [2.05, 4.69) is 10.3 Å². The number of carbonyl (C=O) groups is 2. The zero-order chi connectivity index (χ0) is 25.9. The lowest BCUT2D eigenvalue weighted by Crippen LogP contribution is -2.34. The quantitative estimate of drug-likeness (QED) is 0.349. The third-order valence-corrected chi connectivity index (χ3v) is 7.20. The third kappa shape index (κ3) is 3.43. The zero-order valence-electron chi connectivity index (χ0n) is 19.5. The summed E-state index contributed by atoms with van der Waals surface area (Å²) in [6, 6.07) is 2.24. The Morgan fingerprint density at radius 1 is 1.28 bits per heavy atom. The summed E-state index contributed by atoms with van der Waals surface area (Å²) in [4.78, 5) is 41.8. The highest BCUT2D eigenvalue weighted by atomic mass is 35.5. The Morgan fingerprint density at radius 2 is 2.03 bits per heavy atom. The minimum absolute atomic E-state index is 0.00985. The Balaban J connectivity index is 0.00000130. The molecule has 2 atom stereocenters. The fourth-order valence-corrected chi connectivity index (χ4v) is 5.53. The number of hydrogen-bond donors (Lipinski definition) is 3. The number of fused-ring (bicyclic) bond motifs is 5. The molecule has 3 aromatic rings. The van der Waals surface area contributed by atoms with Crippen LogP contribution in [-0.4, -0.2) is 38.2 Å². The molecule has 11 heteroatoms. The largest absolute Gasteiger partial charge is 0.458 e. The fourth-order valence-electron chi connectivity index (χ4n) is 5.29. The van der Waals surface area contributed by atoms with Crippen molar-refractivity contribution in [2.45, 2.75) is 52.0 Å². The summed E-state index contributed by atoms with van der Waals surface area (Å²) in [6.07, 6.45) is -0.787. The van der Waals surface area contributed by atoms with E-state index in [4.69, 9.17) is 16.3 Å². The first-order valence-electron chi connectivity index (χ1n) is 11.7. The fraction of sp³-hybridized carbons (Fsp3) is 0.360. The van der Waals surface area contributed by atoms with Crippen LogP contribution in [-0.2, 0) is 33.9 Å². The van der Waals surface area contributed by atoms with Crippen molar-refractivity contribution in [1.29, 1.82) is 0 Å². The lowest BCUT2D eigenvalue weighted by molar-refractivity contribution is -0.157. The van der Waals surface area contributed by atoms with Gasteiger partial charge in [-0.2, -0.15) is 0 Å². The molecular formula is C25H23ClFN3O6. The summed E-state index contributed by atoms with van der Waals surface area (Å²) < 4.78 is 21.0. The number of aliphatic hydroxyl groups is 2. The Kier molecular flexibility index (Phi) is 6.06. The predicted octanol–water partition coefficient (Wildman–Crippen LogP) is 2.43. The number of rotatable bonds is 2. The number of pyridine rings is 2. The molecule has 9 nitrogen and oxygen atoms in total. The molecule has 0 spiro atoms. The van der Waals surface area contributed by atoms with Gasteiger partial charge in [-0.05, 0) is 30.0 Å². The lowest BCUT2D eigenvalue weighted by Gasteiger charge is -2.29. The van der Waals surface area contributed by atoms with E-state index in [9.17, 15) is 29.0 Å². The van der Waals surface area contributed by atoms with Crippen molar-refractivity contribution in [2.24, 2.45) is 0 Å². The van der Waals surface area contributed by atoms with Crippen LogP contribution in [0, 0.1) is 5.82 Å². The Bertz CT molecular complexity index is 1520. The summed E-state index contributed by atoms with van der Waals surface area (Å²) in [6.45, 7) is 3.18. The van der Waals surface area contributed by atoms with Crippen LogP contribution in [0.4, 0.5) is 4.39 Å². The van der Waals surface area contributed by atoms with Gasteiger partial charge < -0.3 is 24.8 Å². The first-order chi connectivity index (χ1) is 17.3. The number of aryl methyl sites for hydroxylation is 1. The van der Waals surface area contributed by atoms with Crippen molar-refractivity contribution in [2.75, 3.05) is 6.61 Å². The molecule has 3 aliphatic rings. The SMILES string of the molecule is CC.O=C(CO)NC1CCc2c(Cl)c(F)cc3nc4c(c1c23)Cn1c-4cc2c(c1=O)COC(=O)C2O. The minimum atomic E-state index is -1.59. The van der Waals surface area contributed by atoms with Gasteiger partial charge in [-0.25, -0.2) is 14.2 Å². The van der Waals surface area contributed by atoms with Gasteiger partial charge in [0.25, 0.3) is 5.56 Å². The van der Waals surface area contributed by atoms with Crippen LogP contribution in [0.3, 0.4) is 0 Å². The molecule has 4 heterocycles. The molecule has 6 rings (SSSR count). The number of ether oxygens (including phenoxy) is 1. The molecule has 0 fully saturated rings. The molecule has 1 aliphatic carbocycles. The van der Waals surface area contributed by atoms with Crippen molar-refractivity contribution < 1.29 is 28.9 Å². The van der Waals surface area contributed by atoms with Gasteiger partial charge in [-0.1, -0.05) is 25.4 Å². The molecule has 0 saturated heterocycles. The number of esters is 1. The average Bonchev–Trinajstić information content (AvgIpc) is 3.25. The number of halogens is 2. The maximum absolute atomic E-state index is 14.6. The van der Waals surface area contributed by atoms with E-state index in [0.717, 1.165) is 0 Å². The molecule has 2 aliphatic heterocycles. The van der Waals surface area contributed by atoms with E-state index < -0.39 is 42.0 Å². The van der Waals surface area contributed by atoms with E-state index in [-0.39, 0.29) is 29.3 Å². The first-order valence-corrected chi connectivity index (χ1v) is 12.0. The number of cyclic esters (lactones) is 1. The van der Waals surface area contributed by atoms with Crippen LogP contribution in [0.2, 0.25) is 5.02 Å². The molecule has 0 saturated carbocycles. The lowest BCUT2D eigenvalue weighted by atomic mass is 9.83. The van der Waals surface area contributed by atoms with Crippen molar-refractivity contribution in [3.8, 4) is 11.4 Å². The second-order valence-electron chi connectivity index (χ2n) is 8.58. The number of aliphatic hydroxyl groups excluding tert-OH is 2. The highest BCUT2D eigenvalue weighted by molar-refractivity contribution is 6.32. The van der Waals surface area contributed by atoms with Crippen LogP contribution in [0.1, 0.15) is 60.2 Å². The van der Waals surface area contributed by atoms with Crippen LogP contribution >= 0.6 is 11.6 Å². The standard InChI is InChI=1S/C23H17ClFN3O6.C2H6/c24-19-8-1-2-13(26-16(30)6-29)18-10-5-28-15(20(10)27-14(17(8)18)4-12(19)25)3-9-11(22(28)32)7-34-23(33)21(9)31;1-2/h3-4,13,21,29,31H,1-2,5-7H2,(H,26,30);1-2H3. The molecular weight excluding hydrogens is 493 g/mol. The molecule has 1 aromatic carbocycles. The second-order valence-corrected chi connectivity index (χ2v) is 8.96. The molecule has 3 N–H and O–H groups in total. The number of amides is 1. The van der Waals surface area contributed by atoms with E-state index in [1.807, 2.05) is 13.8 Å². The van der Waals surface area contributed by atoms with Crippen molar-refractivity contribution in [3.05, 3.63) is 61.1 Å². The summed E-state index contributed by atoms with van der Waals surface area (Å²) in [5.74, 6) is -2.04. The Hall–Kier alpha value is -3.34. The third-order valence-electron chi connectivity index (χ3n) is 6.79. The van der Waals surface area contributed by atoms with Crippen LogP contribution < -0.4 is 10.9 Å². The number of hydrogen-bond acceptors (Lipinski definition) is 7. The van der Waals surface area contributed by atoms with Crippen molar-refractivity contribution >= 4 is 34.4 Å². The molecule has 1 amide bonds. The monoisotopic (exact) mass is 515 g/mol. The number of carbonyl (C=O) groups excluding carboxylic acids is 2. The maximum Gasteiger partial charge on any atom is 0.340 e. The Labute approximate surface area is 209 Å². The van der Waals surface area contributed by atoms with Gasteiger partial charge in [0.05, 0.1) is 40.1 Å². The van der Waals surface area contributed by atoms with Crippen molar-refractivity contribution in [3.63, 3.8) is 0 Å². The summed E-state index contributed by atoms with van der Waals surface area (Å²) in [7, 11) is 0. The maximum atomic E-state index is 14.6. The van der Waals surface area contributed by atoms with Crippen LogP contribution in [0.25, 0.3) is 22.3 Å². The van der Waals surface area contributed by atoms with Gasteiger partial charge in [0.2, 0.25) is 5.91 Å². The van der Waals surface area contributed by atoms with Gasteiger partial charge >= 0.3 is 5.97 Å². The normalized spacial score (nSPS) is 19.0. The number of nitrogens with one attached hydrogen (secondary N) is 1. The van der Waals surface area contributed by atoms with Crippen LogP contribution in [0.15, 0.2) is 16.9 Å². The number of nitrogens with zero attached hydrogens (tertiary/aromatic N) is 2. The molecule has 36 heavy (non-hydrogen) atoms. The highest BCUT2D eigenvalue weighted by Crippen LogP contribution is 2.46. The minimum Gasteiger partial charge on any atom is -0.458 e. The molecule has 0 radical (unpaired) electrons. The van der Waals surface area contributed by atoms with E-state index >= 15 is 0 Å². The summed E-state index contributed by atoms with van der Waals surface area (Å²) in [5.41, 5.74) is 2.89. The van der Waals surface area contributed by atoms with Gasteiger partial charge in [0.15, 0.2) is 6.10 Å². The van der Waals surface area contributed by atoms with Gasteiger partial charge in [0, 0.05) is 22.6 Å². The average molecular weight is 516 g/mol. The smallest absolute Gasteiger partial charge is 0.340 e. The van der Waals surface area contributed by atoms with Crippen molar-refractivity contribution in [1.82, 2.24) is 14.9 Å². The van der Waals surface area contributed by atoms with Gasteiger partial charge in [-0.15, -0.1) is 0 Å². The van der Waals surface area contributed by atoms with E-state index in [1.165, 1.54) is 16.7 Å². The first kappa shape index (κ1) is 24.4. The second kappa shape index (κ2) is 8.95. The number of benzene rings is 1. The molecule has 2 aromatic heterocycles. The van der Waals surface area contributed by atoms with E-state index in [1.54, 1.807) is 0 Å². The molecule has 2 unspecified atom stereocenters. The summed E-state index contributed by atoms with van der Waals surface area (Å²) in [5, 5.41) is 23.0. The molecule has 0 bridgehead atoms. The zero-order valence-corrected chi connectivity index (χ0v) is 20.3. The Morgan fingerprint density at radius 3 is 2.75 bits per heavy atom.